The zero-order valence-corrected chi connectivity index (χ0v) is 11.9. The lowest BCUT2D eigenvalue weighted by atomic mass is 10.2. The number of rotatable bonds is 4. The van der Waals surface area contributed by atoms with Crippen molar-refractivity contribution in [2.45, 2.75) is 13.5 Å². The lowest BCUT2D eigenvalue weighted by Gasteiger charge is -2.08. The van der Waals surface area contributed by atoms with Crippen molar-refractivity contribution in [2.24, 2.45) is 5.84 Å². The molecule has 0 aliphatic carbocycles. The molecular weight excluding hydrogens is 270 g/mol. The number of hydrazine groups is 1. The van der Waals surface area contributed by atoms with Crippen LogP contribution in [0.25, 0.3) is 10.2 Å². The monoisotopic (exact) mass is 285 g/mol. The van der Waals surface area contributed by atoms with Gasteiger partial charge in [0, 0.05) is 11.4 Å². The second kappa shape index (κ2) is 5.44. The van der Waals surface area contributed by atoms with Gasteiger partial charge in [-0.05, 0) is 18.6 Å². The van der Waals surface area contributed by atoms with Crippen molar-refractivity contribution in [1.29, 1.82) is 0 Å². The van der Waals surface area contributed by atoms with Gasteiger partial charge in [-0.25, -0.2) is 10.8 Å². The van der Waals surface area contributed by atoms with Gasteiger partial charge in [0.2, 0.25) is 5.95 Å². The lowest BCUT2D eigenvalue weighted by molar-refractivity contribution is 1.09. The topological polar surface area (TPSA) is 75.9 Å². The van der Waals surface area contributed by atoms with Gasteiger partial charge in [0.15, 0.2) is 0 Å². The van der Waals surface area contributed by atoms with E-state index in [1.54, 1.807) is 11.3 Å². The molecule has 0 fully saturated rings. The highest BCUT2D eigenvalue weighted by molar-refractivity contribution is 7.18. The zero-order chi connectivity index (χ0) is 13.9. The molecule has 0 atom stereocenters. The fraction of sp³-hybridized carbons (Fsp3) is 0.143. The number of anilines is 2. The molecule has 0 unspecified atom stereocenters. The maximum atomic E-state index is 5.43. The number of nitrogen functional groups attached to an aromatic ring is 1. The summed E-state index contributed by atoms with van der Waals surface area (Å²) in [5, 5.41) is 4.38. The summed E-state index contributed by atoms with van der Waals surface area (Å²) in [6.07, 6.45) is 0. The summed E-state index contributed by atoms with van der Waals surface area (Å²) in [7, 11) is 0. The average molecular weight is 285 g/mol. The van der Waals surface area contributed by atoms with Crippen LogP contribution < -0.4 is 16.6 Å². The molecule has 3 rings (SSSR count). The Morgan fingerprint density at radius 2 is 2.00 bits per heavy atom. The van der Waals surface area contributed by atoms with E-state index in [4.69, 9.17) is 5.84 Å². The number of hydrogen-bond donors (Lipinski definition) is 3. The van der Waals surface area contributed by atoms with Gasteiger partial charge < -0.3 is 5.32 Å². The lowest BCUT2D eigenvalue weighted by Crippen LogP contribution is -2.12. The molecule has 2 heterocycles. The Hall–Kier alpha value is -2.18. The smallest absolute Gasteiger partial charge is 0.240 e. The summed E-state index contributed by atoms with van der Waals surface area (Å²) in [5.74, 6) is 6.65. The van der Waals surface area contributed by atoms with Gasteiger partial charge in [0.25, 0.3) is 0 Å². The van der Waals surface area contributed by atoms with Crippen molar-refractivity contribution < 1.29 is 0 Å². The second-order valence-corrected chi connectivity index (χ2v) is 5.69. The molecule has 0 saturated heterocycles. The molecule has 20 heavy (non-hydrogen) atoms. The molecule has 0 saturated carbocycles. The average Bonchev–Trinajstić information content (AvgIpc) is 2.86. The first kappa shape index (κ1) is 12.8. The van der Waals surface area contributed by atoms with Gasteiger partial charge in [-0.2, -0.15) is 4.98 Å². The van der Waals surface area contributed by atoms with Crippen LogP contribution in [-0.4, -0.2) is 9.97 Å². The number of benzene rings is 1. The number of nitrogens with one attached hydrogen (secondary N) is 2. The first-order chi connectivity index (χ1) is 9.76. The minimum atomic E-state index is 0.426. The van der Waals surface area contributed by atoms with Crippen LogP contribution in [0.4, 0.5) is 11.8 Å². The number of aromatic nitrogens is 2. The Morgan fingerprint density at radius 1 is 1.20 bits per heavy atom. The van der Waals surface area contributed by atoms with Crippen LogP contribution in [0.5, 0.6) is 0 Å². The van der Waals surface area contributed by atoms with Crippen LogP contribution >= 0.6 is 11.3 Å². The number of aryl methyl sites for hydroxylation is 1. The van der Waals surface area contributed by atoms with Crippen LogP contribution in [0, 0.1) is 6.92 Å². The van der Waals surface area contributed by atoms with Crippen LogP contribution in [0.15, 0.2) is 36.4 Å². The summed E-state index contributed by atoms with van der Waals surface area (Å²) < 4.78 is 0. The third-order valence-corrected chi connectivity index (χ3v) is 3.89. The zero-order valence-electron chi connectivity index (χ0n) is 11.1. The highest BCUT2D eigenvalue weighted by Gasteiger charge is 2.09. The van der Waals surface area contributed by atoms with E-state index in [1.165, 1.54) is 10.4 Å². The third kappa shape index (κ3) is 2.56. The molecule has 2 aromatic heterocycles. The molecule has 0 spiro atoms. The Kier molecular flexibility index (Phi) is 3.49. The first-order valence-electron chi connectivity index (χ1n) is 6.29. The van der Waals surface area contributed by atoms with E-state index >= 15 is 0 Å². The predicted molar refractivity (Wildman–Crippen MR) is 83.7 cm³/mol. The second-order valence-electron chi connectivity index (χ2n) is 4.46. The Morgan fingerprint density at radius 3 is 2.75 bits per heavy atom. The van der Waals surface area contributed by atoms with Gasteiger partial charge in [-0.3, -0.25) is 5.43 Å². The molecule has 0 aliphatic heterocycles. The summed E-state index contributed by atoms with van der Waals surface area (Å²) in [5.41, 5.74) is 3.71. The molecular formula is C14H15N5S. The van der Waals surface area contributed by atoms with Crippen LogP contribution in [0.3, 0.4) is 0 Å². The molecule has 0 amide bonds. The van der Waals surface area contributed by atoms with Gasteiger partial charge in [0.05, 0.1) is 5.39 Å². The van der Waals surface area contributed by atoms with Crippen LogP contribution in [0.2, 0.25) is 0 Å². The first-order valence-corrected chi connectivity index (χ1v) is 7.10. The maximum absolute atomic E-state index is 5.43. The van der Waals surface area contributed by atoms with Gasteiger partial charge >= 0.3 is 0 Å². The third-order valence-electron chi connectivity index (χ3n) is 2.95. The highest BCUT2D eigenvalue weighted by Crippen LogP contribution is 2.29. The minimum Gasteiger partial charge on any atom is -0.365 e. The number of nitrogens with zero attached hydrogens (tertiary/aromatic N) is 2. The van der Waals surface area contributed by atoms with Crippen LogP contribution in [0.1, 0.15) is 10.4 Å². The number of hydrogen-bond acceptors (Lipinski definition) is 6. The van der Waals surface area contributed by atoms with E-state index < -0.39 is 0 Å². The molecule has 0 bridgehead atoms. The molecule has 102 valence electrons. The number of thiophene rings is 1. The van der Waals surface area contributed by atoms with Crippen molar-refractivity contribution in [3.8, 4) is 0 Å². The van der Waals surface area contributed by atoms with Crippen molar-refractivity contribution >= 4 is 33.3 Å². The van der Waals surface area contributed by atoms with Crippen molar-refractivity contribution in [3.63, 3.8) is 0 Å². The minimum absolute atomic E-state index is 0.426. The summed E-state index contributed by atoms with van der Waals surface area (Å²) in [6.45, 7) is 2.77. The Bertz CT molecular complexity index is 723. The molecule has 0 aliphatic rings. The van der Waals surface area contributed by atoms with E-state index in [0.29, 0.717) is 12.5 Å². The Labute approximate surface area is 120 Å². The van der Waals surface area contributed by atoms with E-state index in [-0.39, 0.29) is 0 Å². The van der Waals surface area contributed by atoms with Gasteiger partial charge in [-0.15, -0.1) is 11.3 Å². The quantitative estimate of drug-likeness (QED) is 0.507. The SMILES string of the molecule is Cc1cc2c(NCc3ccccc3)nc(NN)nc2s1. The molecule has 6 heteroatoms. The summed E-state index contributed by atoms with van der Waals surface area (Å²) in [6, 6.07) is 12.3. The van der Waals surface area contributed by atoms with Gasteiger partial charge in [0.1, 0.15) is 10.6 Å². The van der Waals surface area contributed by atoms with E-state index in [1.807, 2.05) is 18.2 Å². The summed E-state index contributed by atoms with van der Waals surface area (Å²) >= 11 is 1.63. The van der Waals surface area contributed by atoms with Crippen molar-refractivity contribution in [2.75, 3.05) is 10.7 Å². The van der Waals surface area contributed by atoms with Crippen LogP contribution in [-0.2, 0) is 6.54 Å². The fourth-order valence-electron chi connectivity index (χ4n) is 2.02. The largest absolute Gasteiger partial charge is 0.365 e. The fourth-order valence-corrected chi connectivity index (χ4v) is 2.90. The van der Waals surface area contributed by atoms with Crippen molar-refractivity contribution in [1.82, 2.24) is 9.97 Å². The number of fused-ring (bicyclic) bond motifs is 1. The molecule has 0 radical (unpaired) electrons. The Balaban J connectivity index is 1.93. The highest BCUT2D eigenvalue weighted by atomic mass is 32.1. The maximum Gasteiger partial charge on any atom is 0.240 e. The van der Waals surface area contributed by atoms with Crippen molar-refractivity contribution in [3.05, 3.63) is 46.8 Å². The number of nitrogens with two attached hydrogens (primary N) is 1. The predicted octanol–water partition coefficient (Wildman–Crippen LogP) is 2.90. The van der Waals surface area contributed by atoms with Gasteiger partial charge in [-0.1, -0.05) is 30.3 Å². The standard InChI is InChI=1S/C14H15N5S/c1-9-7-11-12(16-8-10-5-3-2-4-6-10)17-14(19-15)18-13(11)20-9/h2-7H,8,15H2,1H3,(H2,16,17,18,19). The summed E-state index contributed by atoms with van der Waals surface area (Å²) in [4.78, 5) is 10.9. The van der Waals surface area contributed by atoms with E-state index in [9.17, 15) is 0 Å². The molecule has 3 aromatic rings. The molecule has 4 N–H and O–H groups in total. The van der Waals surface area contributed by atoms with E-state index in [0.717, 1.165) is 16.0 Å². The molecule has 1 aromatic carbocycles. The normalized spacial score (nSPS) is 10.7. The van der Waals surface area contributed by atoms with E-state index in [2.05, 4.69) is 45.8 Å². The molecule has 5 nitrogen and oxygen atoms in total.